The second-order valence-corrected chi connectivity index (χ2v) is 4.67. The van der Waals surface area contributed by atoms with Crippen molar-refractivity contribution in [3.63, 3.8) is 0 Å². The van der Waals surface area contributed by atoms with Gasteiger partial charge in [-0.25, -0.2) is 0 Å². The molecule has 5 heteroatoms. The highest BCUT2D eigenvalue weighted by atomic mass is 16.6. The quantitative estimate of drug-likeness (QED) is 0.608. The van der Waals surface area contributed by atoms with E-state index in [9.17, 15) is 14.9 Å². The Bertz CT molecular complexity index is 456. The average Bonchev–Trinajstić information content (AvgIpc) is 2.39. The van der Waals surface area contributed by atoms with Crippen LogP contribution in [0.4, 0.5) is 11.4 Å². The monoisotopic (exact) mass is 248 g/mol. The molecule has 0 spiro atoms. The standard InChI is InChI=1S/C13H16N2O3/c1-10(16)11-3-2-8-14(9-11)12-4-6-13(7-5-12)15(17)18/h4-7,11H,2-3,8-9H2,1H3. The molecule has 1 fully saturated rings. The Hall–Kier alpha value is -1.91. The number of Topliss-reactive ketones (excluding diaryl/α,β-unsaturated/α-hetero) is 1. The van der Waals surface area contributed by atoms with E-state index in [1.54, 1.807) is 19.1 Å². The summed E-state index contributed by atoms with van der Waals surface area (Å²) in [5.74, 6) is 0.315. The van der Waals surface area contributed by atoms with Gasteiger partial charge in [0.1, 0.15) is 5.78 Å². The zero-order chi connectivity index (χ0) is 13.1. The first-order valence-corrected chi connectivity index (χ1v) is 6.08. The van der Waals surface area contributed by atoms with E-state index in [1.165, 1.54) is 12.1 Å². The number of rotatable bonds is 3. The molecule has 1 atom stereocenters. The number of hydrogen-bond donors (Lipinski definition) is 0. The topological polar surface area (TPSA) is 63.5 Å². The van der Waals surface area contributed by atoms with Gasteiger partial charge in [0.15, 0.2) is 0 Å². The minimum absolute atomic E-state index is 0.0916. The highest BCUT2D eigenvalue weighted by molar-refractivity contribution is 5.79. The second kappa shape index (κ2) is 5.16. The summed E-state index contributed by atoms with van der Waals surface area (Å²) in [6.07, 6.45) is 1.93. The maximum atomic E-state index is 11.4. The molecule has 1 unspecified atom stereocenters. The van der Waals surface area contributed by atoms with Crippen LogP contribution in [0.2, 0.25) is 0 Å². The molecule has 18 heavy (non-hydrogen) atoms. The van der Waals surface area contributed by atoms with Gasteiger partial charge < -0.3 is 4.90 Å². The van der Waals surface area contributed by atoms with Gasteiger partial charge in [0.05, 0.1) is 4.92 Å². The van der Waals surface area contributed by atoms with Crippen LogP contribution in [-0.4, -0.2) is 23.8 Å². The minimum atomic E-state index is -0.404. The van der Waals surface area contributed by atoms with Crippen LogP contribution in [0.5, 0.6) is 0 Å². The number of piperidine rings is 1. The summed E-state index contributed by atoms with van der Waals surface area (Å²) >= 11 is 0. The van der Waals surface area contributed by atoms with Gasteiger partial charge in [-0.2, -0.15) is 0 Å². The fraction of sp³-hybridized carbons (Fsp3) is 0.462. The first-order chi connectivity index (χ1) is 8.58. The Labute approximate surface area is 106 Å². The minimum Gasteiger partial charge on any atom is -0.371 e. The van der Waals surface area contributed by atoms with Crippen molar-refractivity contribution in [3.8, 4) is 0 Å². The number of hydrogen-bond acceptors (Lipinski definition) is 4. The van der Waals surface area contributed by atoms with Crippen molar-refractivity contribution in [1.29, 1.82) is 0 Å². The number of carbonyl (C=O) groups is 1. The maximum absolute atomic E-state index is 11.4. The molecule has 0 radical (unpaired) electrons. The Morgan fingerprint density at radius 1 is 1.39 bits per heavy atom. The lowest BCUT2D eigenvalue weighted by atomic mass is 9.94. The van der Waals surface area contributed by atoms with Gasteiger partial charge in [-0.1, -0.05) is 0 Å². The van der Waals surface area contributed by atoms with Gasteiger partial charge in [-0.3, -0.25) is 14.9 Å². The van der Waals surface area contributed by atoms with Gasteiger partial charge in [0, 0.05) is 36.8 Å². The smallest absolute Gasteiger partial charge is 0.269 e. The molecule has 0 amide bonds. The van der Waals surface area contributed by atoms with Crippen LogP contribution in [0.15, 0.2) is 24.3 Å². The summed E-state index contributed by atoms with van der Waals surface area (Å²) in [4.78, 5) is 23.7. The van der Waals surface area contributed by atoms with Gasteiger partial charge in [-0.15, -0.1) is 0 Å². The molecule has 1 aromatic rings. The van der Waals surface area contributed by atoms with E-state index in [1.807, 2.05) is 0 Å². The fourth-order valence-electron chi connectivity index (χ4n) is 2.33. The van der Waals surface area contributed by atoms with Crippen LogP contribution in [0.1, 0.15) is 19.8 Å². The summed E-state index contributed by atoms with van der Waals surface area (Å²) < 4.78 is 0. The van der Waals surface area contributed by atoms with Gasteiger partial charge in [-0.05, 0) is 31.9 Å². The molecule has 1 saturated heterocycles. The summed E-state index contributed by atoms with van der Waals surface area (Å²) in [6.45, 7) is 3.25. The molecule has 5 nitrogen and oxygen atoms in total. The molecule has 0 bridgehead atoms. The highest BCUT2D eigenvalue weighted by Crippen LogP contribution is 2.25. The third-order valence-corrected chi connectivity index (χ3v) is 3.42. The molecule has 1 heterocycles. The molecule has 96 valence electrons. The number of nitro groups is 1. The average molecular weight is 248 g/mol. The first kappa shape index (κ1) is 12.5. The predicted molar refractivity (Wildman–Crippen MR) is 68.7 cm³/mol. The molecule has 0 aromatic heterocycles. The number of carbonyl (C=O) groups excluding carboxylic acids is 1. The van der Waals surface area contributed by atoms with Crippen LogP contribution >= 0.6 is 0 Å². The van der Waals surface area contributed by atoms with Crippen LogP contribution in [-0.2, 0) is 4.79 Å². The van der Waals surface area contributed by atoms with E-state index in [-0.39, 0.29) is 17.4 Å². The first-order valence-electron chi connectivity index (χ1n) is 6.08. The van der Waals surface area contributed by atoms with Crippen molar-refractivity contribution in [2.24, 2.45) is 5.92 Å². The van der Waals surface area contributed by atoms with Crippen molar-refractivity contribution in [2.75, 3.05) is 18.0 Å². The van der Waals surface area contributed by atoms with Gasteiger partial charge in [0.25, 0.3) is 5.69 Å². The molecule has 2 rings (SSSR count). The summed E-state index contributed by atoms with van der Waals surface area (Å²) in [5.41, 5.74) is 1.05. The zero-order valence-electron chi connectivity index (χ0n) is 10.3. The van der Waals surface area contributed by atoms with Crippen molar-refractivity contribution in [1.82, 2.24) is 0 Å². The zero-order valence-corrected chi connectivity index (χ0v) is 10.3. The van der Waals surface area contributed by atoms with Crippen LogP contribution in [0.3, 0.4) is 0 Å². The molecule has 1 aromatic carbocycles. The SMILES string of the molecule is CC(=O)C1CCCN(c2ccc([N+](=O)[O-])cc2)C1. The van der Waals surface area contributed by atoms with Crippen molar-refractivity contribution in [3.05, 3.63) is 34.4 Å². The van der Waals surface area contributed by atoms with Gasteiger partial charge in [0.2, 0.25) is 0 Å². The number of nitrogens with zero attached hydrogens (tertiary/aromatic N) is 2. The van der Waals surface area contributed by atoms with Crippen LogP contribution in [0.25, 0.3) is 0 Å². The summed E-state index contributed by atoms with van der Waals surface area (Å²) in [5, 5.41) is 10.6. The summed E-state index contributed by atoms with van der Waals surface area (Å²) in [6, 6.07) is 6.51. The summed E-state index contributed by atoms with van der Waals surface area (Å²) in [7, 11) is 0. The van der Waals surface area contributed by atoms with E-state index in [2.05, 4.69) is 4.90 Å². The number of nitro benzene ring substituents is 1. The fourth-order valence-corrected chi connectivity index (χ4v) is 2.33. The lowest BCUT2D eigenvalue weighted by Crippen LogP contribution is -2.38. The van der Waals surface area contributed by atoms with Crippen molar-refractivity contribution < 1.29 is 9.72 Å². The van der Waals surface area contributed by atoms with E-state index < -0.39 is 4.92 Å². The van der Waals surface area contributed by atoms with Crippen LogP contribution < -0.4 is 4.90 Å². The number of anilines is 1. The Morgan fingerprint density at radius 3 is 2.61 bits per heavy atom. The van der Waals surface area contributed by atoms with Crippen molar-refractivity contribution >= 4 is 17.2 Å². The number of ketones is 1. The predicted octanol–water partition coefficient (Wildman–Crippen LogP) is 2.40. The third-order valence-electron chi connectivity index (χ3n) is 3.42. The van der Waals surface area contributed by atoms with E-state index >= 15 is 0 Å². The second-order valence-electron chi connectivity index (χ2n) is 4.67. The third kappa shape index (κ3) is 2.67. The highest BCUT2D eigenvalue weighted by Gasteiger charge is 2.23. The molecular formula is C13H16N2O3. The number of benzene rings is 1. The molecule has 1 aliphatic rings. The molecule has 0 saturated carbocycles. The molecule has 0 aliphatic carbocycles. The lowest BCUT2D eigenvalue weighted by molar-refractivity contribution is -0.384. The van der Waals surface area contributed by atoms with Crippen molar-refractivity contribution in [2.45, 2.75) is 19.8 Å². The Morgan fingerprint density at radius 2 is 2.06 bits per heavy atom. The van der Waals surface area contributed by atoms with E-state index in [0.29, 0.717) is 6.54 Å². The molecule has 0 N–H and O–H groups in total. The Balaban J connectivity index is 2.11. The normalized spacial score (nSPS) is 19.6. The van der Waals surface area contributed by atoms with E-state index in [0.717, 1.165) is 25.1 Å². The van der Waals surface area contributed by atoms with Crippen LogP contribution in [0, 0.1) is 16.0 Å². The lowest BCUT2D eigenvalue weighted by Gasteiger charge is -2.33. The Kier molecular flexibility index (Phi) is 3.60. The largest absolute Gasteiger partial charge is 0.371 e. The molecular weight excluding hydrogens is 232 g/mol. The van der Waals surface area contributed by atoms with E-state index in [4.69, 9.17) is 0 Å². The maximum Gasteiger partial charge on any atom is 0.269 e. The van der Waals surface area contributed by atoms with Gasteiger partial charge >= 0.3 is 0 Å². The molecule has 1 aliphatic heterocycles. The number of non-ortho nitro benzene ring substituents is 1.